The standard InChI is InChI=1S/C22H25N3O2/c1-15(20-7-4-12-27-20)25(2)14-16-8-10-18(11-9-16)22-23-19(13-21(26)24-22)17-5-3-6-17/h4,7-13,15,17H,3,5-6,14H2,1-2H3,(H,23,24,26). The minimum absolute atomic E-state index is 0.0713. The van der Waals surface area contributed by atoms with E-state index in [4.69, 9.17) is 9.40 Å². The third-order valence-electron chi connectivity index (χ3n) is 5.56. The van der Waals surface area contributed by atoms with Crippen LogP contribution in [0, 0.1) is 0 Å². The second-order valence-corrected chi connectivity index (χ2v) is 7.45. The van der Waals surface area contributed by atoms with Crippen LogP contribution in [-0.4, -0.2) is 21.9 Å². The van der Waals surface area contributed by atoms with Crippen LogP contribution in [0.25, 0.3) is 11.4 Å². The molecule has 1 aliphatic rings. The number of furan rings is 1. The highest BCUT2D eigenvalue weighted by molar-refractivity contribution is 5.55. The Kier molecular flexibility index (Phi) is 4.94. The third kappa shape index (κ3) is 3.88. The largest absolute Gasteiger partial charge is 0.468 e. The van der Waals surface area contributed by atoms with E-state index in [1.165, 1.54) is 12.0 Å². The normalized spacial score (nSPS) is 15.7. The Morgan fingerprint density at radius 3 is 2.67 bits per heavy atom. The van der Waals surface area contributed by atoms with Crippen LogP contribution >= 0.6 is 0 Å². The van der Waals surface area contributed by atoms with Crippen molar-refractivity contribution in [3.8, 4) is 11.4 Å². The molecule has 1 fully saturated rings. The van der Waals surface area contributed by atoms with E-state index in [1.54, 1.807) is 12.3 Å². The zero-order valence-electron chi connectivity index (χ0n) is 15.8. The Hall–Kier alpha value is -2.66. The molecule has 3 aromatic rings. The van der Waals surface area contributed by atoms with Crippen molar-refractivity contribution in [2.45, 2.75) is 44.7 Å². The van der Waals surface area contributed by atoms with Gasteiger partial charge in [0.1, 0.15) is 11.6 Å². The second kappa shape index (κ2) is 7.53. The molecular weight excluding hydrogens is 338 g/mol. The first-order valence-corrected chi connectivity index (χ1v) is 9.54. The van der Waals surface area contributed by atoms with Crippen LogP contribution < -0.4 is 5.56 Å². The van der Waals surface area contributed by atoms with Gasteiger partial charge >= 0.3 is 0 Å². The average molecular weight is 363 g/mol. The molecule has 5 nitrogen and oxygen atoms in total. The Labute approximate surface area is 159 Å². The van der Waals surface area contributed by atoms with E-state index >= 15 is 0 Å². The van der Waals surface area contributed by atoms with Crippen molar-refractivity contribution in [1.82, 2.24) is 14.9 Å². The molecule has 0 radical (unpaired) electrons. The van der Waals surface area contributed by atoms with Crippen molar-refractivity contribution in [2.24, 2.45) is 0 Å². The first-order chi connectivity index (χ1) is 13.1. The predicted molar refractivity (Wildman–Crippen MR) is 105 cm³/mol. The van der Waals surface area contributed by atoms with Crippen LogP contribution in [0.2, 0.25) is 0 Å². The lowest BCUT2D eigenvalue weighted by molar-refractivity contribution is 0.223. The number of hydrogen-bond acceptors (Lipinski definition) is 4. The van der Waals surface area contributed by atoms with Crippen LogP contribution in [0.5, 0.6) is 0 Å². The molecule has 27 heavy (non-hydrogen) atoms. The summed E-state index contributed by atoms with van der Waals surface area (Å²) in [5, 5.41) is 0. The molecule has 1 aromatic carbocycles. The van der Waals surface area contributed by atoms with Crippen molar-refractivity contribution in [3.05, 3.63) is 76.1 Å². The maximum atomic E-state index is 12.0. The van der Waals surface area contributed by atoms with E-state index in [2.05, 4.69) is 36.0 Å². The van der Waals surface area contributed by atoms with Crippen molar-refractivity contribution in [3.63, 3.8) is 0 Å². The average Bonchev–Trinajstić information content (AvgIpc) is 3.14. The summed E-state index contributed by atoms with van der Waals surface area (Å²) in [6, 6.07) is 14.0. The molecule has 1 atom stereocenters. The molecule has 1 saturated carbocycles. The van der Waals surface area contributed by atoms with E-state index in [0.29, 0.717) is 11.7 Å². The molecule has 0 aliphatic heterocycles. The molecule has 2 heterocycles. The first-order valence-electron chi connectivity index (χ1n) is 9.54. The topological polar surface area (TPSA) is 62.1 Å². The second-order valence-electron chi connectivity index (χ2n) is 7.45. The fourth-order valence-electron chi connectivity index (χ4n) is 3.47. The van der Waals surface area contributed by atoms with Crippen LogP contribution in [-0.2, 0) is 6.54 Å². The number of aromatic amines is 1. The van der Waals surface area contributed by atoms with Gasteiger partial charge in [0, 0.05) is 24.1 Å². The number of aromatic nitrogens is 2. The van der Waals surface area contributed by atoms with Gasteiger partial charge in [-0.25, -0.2) is 4.98 Å². The number of rotatable bonds is 6. The summed E-state index contributed by atoms with van der Waals surface area (Å²) >= 11 is 0. The first kappa shape index (κ1) is 17.7. The van der Waals surface area contributed by atoms with Gasteiger partial charge in [-0.15, -0.1) is 0 Å². The summed E-state index contributed by atoms with van der Waals surface area (Å²) in [6.45, 7) is 2.95. The smallest absolute Gasteiger partial charge is 0.251 e. The SMILES string of the molecule is CC(c1ccco1)N(C)Cc1ccc(-c2nc(C3CCC3)cc(=O)[nH]2)cc1. The van der Waals surface area contributed by atoms with Crippen LogP contribution in [0.1, 0.15) is 55.2 Å². The summed E-state index contributed by atoms with van der Waals surface area (Å²) in [7, 11) is 2.09. The van der Waals surface area contributed by atoms with E-state index < -0.39 is 0 Å². The Morgan fingerprint density at radius 1 is 1.26 bits per heavy atom. The van der Waals surface area contributed by atoms with Gasteiger partial charge in [-0.2, -0.15) is 0 Å². The minimum Gasteiger partial charge on any atom is -0.468 e. The van der Waals surface area contributed by atoms with Crippen LogP contribution in [0.4, 0.5) is 0 Å². The highest BCUT2D eigenvalue weighted by Gasteiger charge is 2.22. The predicted octanol–water partition coefficient (Wildman–Crippen LogP) is 4.49. The Bertz CT molecular complexity index is 940. The minimum atomic E-state index is -0.0713. The van der Waals surface area contributed by atoms with Crippen molar-refractivity contribution >= 4 is 0 Å². The van der Waals surface area contributed by atoms with Gasteiger partial charge in [-0.05, 0) is 44.5 Å². The summed E-state index contributed by atoms with van der Waals surface area (Å²) in [6.07, 6.45) is 5.21. The number of nitrogens with zero attached hydrogens (tertiary/aromatic N) is 2. The lowest BCUT2D eigenvalue weighted by Gasteiger charge is -2.24. The quantitative estimate of drug-likeness (QED) is 0.701. The van der Waals surface area contributed by atoms with E-state index in [1.807, 2.05) is 24.3 Å². The lowest BCUT2D eigenvalue weighted by Crippen LogP contribution is -2.21. The van der Waals surface area contributed by atoms with E-state index in [-0.39, 0.29) is 11.6 Å². The van der Waals surface area contributed by atoms with Gasteiger partial charge in [0.05, 0.1) is 18.0 Å². The fourth-order valence-corrected chi connectivity index (χ4v) is 3.47. The van der Waals surface area contributed by atoms with Gasteiger partial charge in [-0.1, -0.05) is 30.7 Å². The molecule has 1 unspecified atom stereocenters. The van der Waals surface area contributed by atoms with Crippen molar-refractivity contribution < 1.29 is 4.42 Å². The van der Waals surface area contributed by atoms with Gasteiger partial charge in [0.15, 0.2) is 0 Å². The summed E-state index contributed by atoms with van der Waals surface area (Å²) < 4.78 is 5.50. The number of hydrogen-bond donors (Lipinski definition) is 1. The fraction of sp³-hybridized carbons (Fsp3) is 0.364. The number of H-pyrrole nitrogens is 1. The molecule has 1 aliphatic carbocycles. The zero-order chi connectivity index (χ0) is 18.8. The molecule has 5 heteroatoms. The van der Waals surface area contributed by atoms with Crippen molar-refractivity contribution in [2.75, 3.05) is 7.05 Å². The molecule has 0 amide bonds. The van der Waals surface area contributed by atoms with Crippen LogP contribution in [0.15, 0.2) is 57.9 Å². The highest BCUT2D eigenvalue weighted by Crippen LogP contribution is 2.35. The van der Waals surface area contributed by atoms with Gasteiger partial charge < -0.3 is 9.40 Å². The molecule has 0 spiro atoms. The zero-order valence-corrected chi connectivity index (χ0v) is 15.8. The Balaban J connectivity index is 1.49. The number of benzene rings is 1. The molecular formula is C22H25N3O2. The highest BCUT2D eigenvalue weighted by atomic mass is 16.3. The molecule has 4 rings (SSSR count). The lowest BCUT2D eigenvalue weighted by atomic mass is 9.83. The van der Waals surface area contributed by atoms with Gasteiger partial charge in [-0.3, -0.25) is 9.69 Å². The summed E-state index contributed by atoms with van der Waals surface area (Å²) in [5.74, 6) is 2.07. The maximum Gasteiger partial charge on any atom is 0.251 e. The van der Waals surface area contributed by atoms with Crippen LogP contribution in [0.3, 0.4) is 0 Å². The Morgan fingerprint density at radius 2 is 2.04 bits per heavy atom. The van der Waals surface area contributed by atoms with E-state index in [0.717, 1.165) is 36.4 Å². The van der Waals surface area contributed by atoms with E-state index in [9.17, 15) is 4.79 Å². The summed E-state index contributed by atoms with van der Waals surface area (Å²) in [4.78, 5) is 21.8. The van der Waals surface area contributed by atoms with Crippen molar-refractivity contribution in [1.29, 1.82) is 0 Å². The maximum absolute atomic E-state index is 12.0. The summed E-state index contributed by atoms with van der Waals surface area (Å²) in [5.41, 5.74) is 3.00. The number of nitrogens with one attached hydrogen (secondary N) is 1. The van der Waals surface area contributed by atoms with Gasteiger partial charge in [0.2, 0.25) is 0 Å². The van der Waals surface area contributed by atoms with Gasteiger partial charge in [0.25, 0.3) is 5.56 Å². The molecule has 2 aromatic heterocycles. The molecule has 0 bridgehead atoms. The monoisotopic (exact) mass is 363 g/mol. The third-order valence-corrected chi connectivity index (χ3v) is 5.56. The molecule has 140 valence electrons. The molecule has 0 saturated heterocycles. The molecule has 1 N–H and O–H groups in total.